The lowest BCUT2D eigenvalue weighted by Crippen LogP contribution is -2.46. The van der Waals surface area contributed by atoms with Crippen LogP contribution in [-0.4, -0.2) is 39.7 Å². The summed E-state index contributed by atoms with van der Waals surface area (Å²) in [5, 5.41) is 12.6. The average molecular weight is 293 g/mol. The van der Waals surface area contributed by atoms with Crippen LogP contribution in [0.2, 0.25) is 0 Å². The Balaban J connectivity index is 2.24. The SMILES string of the molecule is COC(=O)c1cncc(NC2(C(=O)O)CCCCCC2)n1. The average Bonchev–Trinajstić information content (AvgIpc) is 2.73. The van der Waals surface area contributed by atoms with Crippen molar-refractivity contribution in [3.8, 4) is 0 Å². The summed E-state index contributed by atoms with van der Waals surface area (Å²) in [7, 11) is 1.26. The van der Waals surface area contributed by atoms with Gasteiger partial charge >= 0.3 is 11.9 Å². The van der Waals surface area contributed by atoms with Crippen LogP contribution in [0.5, 0.6) is 0 Å². The lowest BCUT2D eigenvalue weighted by molar-refractivity contribution is -0.142. The predicted molar refractivity (Wildman–Crippen MR) is 75.1 cm³/mol. The summed E-state index contributed by atoms with van der Waals surface area (Å²) in [5.74, 6) is -1.21. The molecule has 21 heavy (non-hydrogen) atoms. The molecule has 0 amide bonds. The monoisotopic (exact) mass is 293 g/mol. The molecule has 0 saturated heterocycles. The maximum atomic E-state index is 11.7. The minimum atomic E-state index is -1.04. The van der Waals surface area contributed by atoms with Crippen LogP contribution in [0.15, 0.2) is 12.4 Å². The van der Waals surface area contributed by atoms with Crippen molar-refractivity contribution in [3.63, 3.8) is 0 Å². The van der Waals surface area contributed by atoms with Gasteiger partial charge in [0.05, 0.1) is 19.5 Å². The van der Waals surface area contributed by atoms with E-state index in [1.54, 1.807) is 0 Å². The largest absolute Gasteiger partial charge is 0.480 e. The summed E-state index contributed by atoms with van der Waals surface area (Å²) in [4.78, 5) is 31.2. The zero-order valence-corrected chi connectivity index (χ0v) is 12.0. The third-order valence-corrected chi connectivity index (χ3v) is 3.76. The number of methoxy groups -OCH3 is 1. The second-order valence-electron chi connectivity index (χ2n) is 5.21. The highest BCUT2D eigenvalue weighted by atomic mass is 16.5. The molecule has 1 saturated carbocycles. The molecule has 1 aliphatic carbocycles. The van der Waals surface area contributed by atoms with Crippen LogP contribution < -0.4 is 5.32 Å². The van der Waals surface area contributed by atoms with Gasteiger partial charge in [-0.25, -0.2) is 14.6 Å². The minimum absolute atomic E-state index is 0.0525. The standard InChI is InChI=1S/C14H19N3O4/c1-21-12(18)10-8-15-9-11(16-10)17-14(13(19)20)6-4-2-3-5-7-14/h8-9H,2-7H2,1H3,(H,16,17)(H,19,20). The molecule has 1 fully saturated rings. The van der Waals surface area contributed by atoms with Crippen molar-refractivity contribution in [3.05, 3.63) is 18.1 Å². The maximum Gasteiger partial charge on any atom is 0.358 e. The van der Waals surface area contributed by atoms with Crippen LogP contribution in [0, 0.1) is 0 Å². The predicted octanol–water partition coefficient (Wildman–Crippen LogP) is 1.85. The highest BCUT2D eigenvalue weighted by Gasteiger charge is 2.39. The van der Waals surface area contributed by atoms with Crippen LogP contribution in [0.4, 0.5) is 5.82 Å². The third kappa shape index (κ3) is 3.48. The molecule has 2 N–H and O–H groups in total. The summed E-state index contributed by atoms with van der Waals surface area (Å²) < 4.78 is 4.59. The molecule has 0 radical (unpaired) electrons. The topological polar surface area (TPSA) is 101 Å². The fourth-order valence-electron chi connectivity index (χ4n) is 2.60. The summed E-state index contributed by atoms with van der Waals surface area (Å²) in [6.07, 6.45) is 7.54. The Morgan fingerprint density at radius 1 is 1.24 bits per heavy atom. The zero-order valence-electron chi connectivity index (χ0n) is 12.0. The Bertz CT molecular complexity index is 525. The second-order valence-corrected chi connectivity index (χ2v) is 5.21. The van der Waals surface area contributed by atoms with Gasteiger partial charge in [-0.3, -0.25) is 4.98 Å². The molecular weight excluding hydrogens is 274 g/mol. The molecule has 0 bridgehead atoms. The quantitative estimate of drug-likeness (QED) is 0.645. The smallest absolute Gasteiger partial charge is 0.358 e. The van der Waals surface area contributed by atoms with Crippen LogP contribution in [0.25, 0.3) is 0 Å². The van der Waals surface area contributed by atoms with E-state index in [-0.39, 0.29) is 11.5 Å². The highest BCUT2D eigenvalue weighted by molar-refractivity contribution is 5.87. The van der Waals surface area contributed by atoms with Crippen molar-refractivity contribution in [2.24, 2.45) is 0 Å². The summed E-state index contributed by atoms with van der Waals surface area (Å²) in [6, 6.07) is 0. The number of nitrogens with zero attached hydrogens (tertiary/aromatic N) is 2. The first-order chi connectivity index (χ1) is 10.1. The number of aromatic nitrogens is 2. The van der Waals surface area contributed by atoms with Gasteiger partial charge in [0.1, 0.15) is 11.4 Å². The van der Waals surface area contributed by atoms with Crippen LogP contribution >= 0.6 is 0 Å². The van der Waals surface area contributed by atoms with Gasteiger partial charge in [-0.1, -0.05) is 25.7 Å². The van der Waals surface area contributed by atoms with Gasteiger partial charge in [0, 0.05) is 0 Å². The zero-order chi connectivity index (χ0) is 15.3. The van der Waals surface area contributed by atoms with Gasteiger partial charge in [0.2, 0.25) is 0 Å². The number of aliphatic carboxylic acids is 1. The number of rotatable bonds is 4. The molecule has 7 heteroatoms. The molecule has 1 aromatic heterocycles. The van der Waals surface area contributed by atoms with Crippen molar-refractivity contribution >= 4 is 17.8 Å². The lowest BCUT2D eigenvalue weighted by atomic mass is 9.90. The van der Waals surface area contributed by atoms with Crippen molar-refractivity contribution in [1.29, 1.82) is 0 Å². The molecule has 7 nitrogen and oxygen atoms in total. The van der Waals surface area contributed by atoms with Crippen molar-refractivity contribution in [2.45, 2.75) is 44.1 Å². The molecule has 0 atom stereocenters. The van der Waals surface area contributed by atoms with E-state index in [2.05, 4.69) is 20.0 Å². The summed E-state index contributed by atoms with van der Waals surface area (Å²) in [6.45, 7) is 0. The number of hydrogen-bond acceptors (Lipinski definition) is 6. The molecular formula is C14H19N3O4. The third-order valence-electron chi connectivity index (χ3n) is 3.76. The lowest BCUT2D eigenvalue weighted by Gasteiger charge is -2.29. The van der Waals surface area contributed by atoms with Gasteiger partial charge in [0.15, 0.2) is 5.69 Å². The first-order valence-electron chi connectivity index (χ1n) is 6.99. The number of anilines is 1. The normalized spacial score (nSPS) is 17.6. The Morgan fingerprint density at radius 2 is 1.90 bits per heavy atom. The van der Waals surface area contributed by atoms with Crippen LogP contribution in [0.3, 0.4) is 0 Å². The first kappa shape index (κ1) is 15.2. The van der Waals surface area contributed by atoms with E-state index in [1.807, 2.05) is 0 Å². The second kappa shape index (κ2) is 6.51. The molecule has 0 spiro atoms. The van der Waals surface area contributed by atoms with E-state index in [0.29, 0.717) is 12.8 Å². The molecule has 2 rings (SSSR count). The number of carbonyl (C=O) groups is 2. The Morgan fingerprint density at radius 3 is 2.48 bits per heavy atom. The fraction of sp³-hybridized carbons (Fsp3) is 0.571. The Labute approximate surface area is 122 Å². The molecule has 0 unspecified atom stereocenters. The molecule has 1 aliphatic rings. The number of ether oxygens (including phenoxy) is 1. The van der Waals surface area contributed by atoms with Gasteiger partial charge in [0.25, 0.3) is 0 Å². The maximum absolute atomic E-state index is 11.7. The van der Waals surface area contributed by atoms with E-state index < -0.39 is 17.5 Å². The van der Waals surface area contributed by atoms with Crippen molar-refractivity contribution < 1.29 is 19.4 Å². The number of carboxylic acid groups (broad SMARTS) is 1. The van der Waals surface area contributed by atoms with Gasteiger partial charge in [-0.2, -0.15) is 0 Å². The number of carbonyl (C=O) groups excluding carboxylic acids is 1. The van der Waals surface area contributed by atoms with E-state index in [4.69, 9.17) is 0 Å². The highest BCUT2D eigenvalue weighted by Crippen LogP contribution is 2.30. The molecule has 0 aliphatic heterocycles. The van der Waals surface area contributed by atoms with Crippen LogP contribution in [0.1, 0.15) is 49.0 Å². The minimum Gasteiger partial charge on any atom is -0.480 e. The number of carboxylic acids is 1. The summed E-state index contributed by atoms with van der Waals surface area (Å²) in [5.41, 5.74) is -0.989. The van der Waals surface area contributed by atoms with Crippen LogP contribution in [-0.2, 0) is 9.53 Å². The molecule has 114 valence electrons. The molecule has 1 heterocycles. The van der Waals surface area contributed by atoms with Gasteiger partial charge < -0.3 is 15.2 Å². The van der Waals surface area contributed by atoms with Crippen molar-refractivity contribution in [1.82, 2.24) is 9.97 Å². The number of nitrogens with one attached hydrogen (secondary N) is 1. The molecule has 1 aromatic rings. The number of esters is 1. The summed E-state index contributed by atoms with van der Waals surface area (Å²) >= 11 is 0. The Kier molecular flexibility index (Phi) is 4.72. The molecule has 0 aromatic carbocycles. The van der Waals surface area contributed by atoms with E-state index in [0.717, 1.165) is 25.7 Å². The van der Waals surface area contributed by atoms with Crippen molar-refractivity contribution in [2.75, 3.05) is 12.4 Å². The fourth-order valence-corrected chi connectivity index (χ4v) is 2.60. The van der Waals surface area contributed by atoms with Gasteiger partial charge in [-0.05, 0) is 12.8 Å². The number of hydrogen-bond donors (Lipinski definition) is 2. The Hall–Kier alpha value is -2.18. The van der Waals surface area contributed by atoms with E-state index >= 15 is 0 Å². The first-order valence-corrected chi connectivity index (χ1v) is 6.99. The van der Waals surface area contributed by atoms with E-state index in [1.165, 1.54) is 19.5 Å². The van der Waals surface area contributed by atoms with Gasteiger partial charge in [-0.15, -0.1) is 0 Å². The van der Waals surface area contributed by atoms with E-state index in [9.17, 15) is 14.7 Å².